The van der Waals surface area contributed by atoms with Gasteiger partial charge in [-0.3, -0.25) is 14.6 Å². The predicted molar refractivity (Wildman–Crippen MR) is 126 cm³/mol. The second kappa shape index (κ2) is 8.46. The first-order valence-corrected chi connectivity index (χ1v) is 12.1. The molecule has 1 atom stereocenters. The number of H-pyrrole nitrogens is 1. The Morgan fingerprint density at radius 3 is 2.71 bits per heavy atom. The number of anilines is 1. The standard InChI is InChI=1S/C24H28N4O2S/c1-15-8-10-16(11-9-15)19-14-31-21-20(19)26-24(27-23(21)30)28-12-4-5-17(13-28)22(29)25-18-6-2-3-7-18/h8-11,14,17-18H,2-7,12-13H2,1H3,(H,25,29)(H,26,27,30)/t17-/m0/s1. The van der Waals surface area contributed by atoms with E-state index in [0.29, 0.717) is 23.2 Å². The van der Waals surface area contributed by atoms with E-state index in [4.69, 9.17) is 4.98 Å². The topological polar surface area (TPSA) is 78.1 Å². The van der Waals surface area contributed by atoms with Crippen LogP contribution in [0.2, 0.25) is 0 Å². The molecule has 1 saturated carbocycles. The van der Waals surface area contributed by atoms with E-state index in [1.807, 2.05) is 5.38 Å². The van der Waals surface area contributed by atoms with Crippen LogP contribution in [0.5, 0.6) is 0 Å². The van der Waals surface area contributed by atoms with E-state index in [1.165, 1.54) is 29.7 Å². The predicted octanol–water partition coefficient (Wildman–Crippen LogP) is 4.24. The first-order valence-electron chi connectivity index (χ1n) is 11.2. The highest BCUT2D eigenvalue weighted by atomic mass is 32.1. The molecule has 1 aliphatic heterocycles. The number of aryl methyl sites for hydroxylation is 1. The summed E-state index contributed by atoms with van der Waals surface area (Å²) in [5.41, 5.74) is 3.88. The summed E-state index contributed by atoms with van der Waals surface area (Å²) in [6.45, 7) is 3.45. The number of rotatable bonds is 4. The minimum atomic E-state index is -0.110. The molecule has 2 aromatic heterocycles. The van der Waals surface area contributed by atoms with Gasteiger partial charge in [-0.25, -0.2) is 4.98 Å². The number of hydrogen-bond donors (Lipinski definition) is 2. The summed E-state index contributed by atoms with van der Waals surface area (Å²) in [4.78, 5) is 35.5. The molecule has 1 aliphatic carbocycles. The second-order valence-corrected chi connectivity index (χ2v) is 9.74. The van der Waals surface area contributed by atoms with Crippen molar-refractivity contribution in [2.75, 3.05) is 18.0 Å². The number of nitrogens with one attached hydrogen (secondary N) is 2. The number of benzene rings is 1. The number of aromatic nitrogens is 2. The van der Waals surface area contributed by atoms with Gasteiger partial charge >= 0.3 is 0 Å². The van der Waals surface area contributed by atoms with Crippen molar-refractivity contribution in [2.24, 2.45) is 5.92 Å². The van der Waals surface area contributed by atoms with E-state index in [0.717, 1.165) is 48.9 Å². The molecule has 1 amide bonds. The molecule has 0 unspecified atom stereocenters. The fourth-order valence-electron chi connectivity index (χ4n) is 4.78. The van der Waals surface area contributed by atoms with Crippen LogP contribution in [0, 0.1) is 12.8 Å². The first kappa shape index (κ1) is 20.2. The van der Waals surface area contributed by atoms with Gasteiger partial charge in [0.05, 0.1) is 11.4 Å². The zero-order valence-corrected chi connectivity index (χ0v) is 18.6. The van der Waals surface area contributed by atoms with Crippen LogP contribution in [0.3, 0.4) is 0 Å². The van der Waals surface area contributed by atoms with Gasteiger partial charge < -0.3 is 10.2 Å². The summed E-state index contributed by atoms with van der Waals surface area (Å²) in [7, 11) is 0. The molecule has 2 N–H and O–H groups in total. The maximum atomic E-state index is 12.8. The Balaban J connectivity index is 1.41. The van der Waals surface area contributed by atoms with E-state index < -0.39 is 0 Å². The summed E-state index contributed by atoms with van der Waals surface area (Å²) < 4.78 is 0.645. The van der Waals surface area contributed by atoms with Crippen LogP contribution in [-0.2, 0) is 4.79 Å². The Bertz CT molecular complexity index is 1140. The average molecular weight is 437 g/mol. The SMILES string of the molecule is Cc1ccc(-c2csc3c(=O)[nH]c(N4CCC[C@H](C(=O)NC5CCCC5)C4)nc23)cc1. The van der Waals surface area contributed by atoms with Crippen LogP contribution in [0.15, 0.2) is 34.4 Å². The molecule has 1 aromatic carbocycles. The summed E-state index contributed by atoms with van der Waals surface area (Å²) in [5.74, 6) is 0.660. The maximum Gasteiger partial charge on any atom is 0.270 e. The lowest BCUT2D eigenvalue weighted by molar-refractivity contribution is -0.125. The lowest BCUT2D eigenvalue weighted by Crippen LogP contribution is -2.46. The van der Waals surface area contributed by atoms with Gasteiger partial charge in [0.15, 0.2) is 0 Å². The number of thiophene rings is 1. The number of fused-ring (bicyclic) bond motifs is 1. The fraction of sp³-hybridized carbons (Fsp3) is 0.458. The Kier molecular flexibility index (Phi) is 5.52. The molecule has 3 aromatic rings. The second-order valence-electron chi connectivity index (χ2n) is 8.86. The fourth-order valence-corrected chi connectivity index (χ4v) is 5.69. The van der Waals surface area contributed by atoms with Crippen molar-refractivity contribution in [3.63, 3.8) is 0 Å². The van der Waals surface area contributed by atoms with Gasteiger partial charge in [0.2, 0.25) is 11.9 Å². The van der Waals surface area contributed by atoms with Gasteiger partial charge in [-0.1, -0.05) is 42.7 Å². The Labute approximate surface area is 185 Å². The molecule has 0 radical (unpaired) electrons. The number of carbonyl (C=O) groups is 1. The number of carbonyl (C=O) groups excluding carboxylic acids is 1. The number of amides is 1. The van der Waals surface area contributed by atoms with Crippen LogP contribution in [0.1, 0.15) is 44.1 Å². The maximum absolute atomic E-state index is 12.8. The zero-order valence-electron chi connectivity index (χ0n) is 17.8. The van der Waals surface area contributed by atoms with Crippen molar-refractivity contribution in [1.82, 2.24) is 15.3 Å². The summed E-state index contributed by atoms with van der Waals surface area (Å²) >= 11 is 1.43. The third kappa shape index (κ3) is 4.11. The van der Waals surface area contributed by atoms with E-state index in [-0.39, 0.29) is 17.4 Å². The summed E-state index contributed by atoms with van der Waals surface area (Å²) in [6.07, 6.45) is 6.39. The van der Waals surface area contributed by atoms with Gasteiger partial charge in [0.25, 0.3) is 5.56 Å². The Morgan fingerprint density at radius 1 is 1.16 bits per heavy atom. The van der Waals surface area contributed by atoms with Gasteiger partial charge in [-0.15, -0.1) is 11.3 Å². The molecule has 2 fully saturated rings. The molecule has 5 rings (SSSR count). The van der Waals surface area contributed by atoms with Gasteiger partial charge in [-0.05, 0) is 38.2 Å². The van der Waals surface area contributed by atoms with Crippen molar-refractivity contribution < 1.29 is 4.79 Å². The molecular weight excluding hydrogens is 408 g/mol. The molecule has 3 heterocycles. The highest BCUT2D eigenvalue weighted by Crippen LogP contribution is 2.32. The quantitative estimate of drug-likeness (QED) is 0.641. The van der Waals surface area contributed by atoms with Crippen molar-refractivity contribution in [3.05, 3.63) is 45.6 Å². The van der Waals surface area contributed by atoms with Crippen LogP contribution in [0.4, 0.5) is 5.95 Å². The van der Waals surface area contributed by atoms with Crippen molar-refractivity contribution in [2.45, 2.75) is 51.5 Å². The average Bonchev–Trinajstić information content (AvgIpc) is 3.44. The highest BCUT2D eigenvalue weighted by Gasteiger charge is 2.29. The monoisotopic (exact) mass is 436 g/mol. The molecule has 6 nitrogen and oxygen atoms in total. The summed E-state index contributed by atoms with van der Waals surface area (Å²) in [5, 5.41) is 5.25. The van der Waals surface area contributed by atoms with Crippen LogP contribution in [-0.4, -0.2) is 35.0 Å². The van der Waals surface area contributed by atoms with Crippen molar-refractivity contribution >= 4 is 33.4 Å². The van der Waals surface area contributed by atoms with E-state index >= 15 is 0 Å². The van der Waals surface area contributed by atoms with Gasteiger partial charge in [0, 0.05) is 30.1 Å². The molecule has 2 aliphatic rings. The third-order valence-electron chi connectivity index (χ3n) is 6.57. The molecule has 31 heavy (non-hydrogen) atoms. The zero-order chi connectivity index (χ0) is 21.4. The van der Waals surface area contributed by atoms with E-state index in [9.17, 15) is 9.59 Å². The van der Waals surface area contributed by atoms with Crippen LogP contribution in [0.25, 0.3) is 21.3 Å². The van der Waals surface area contributed by atoms with Crippen molar-refractivity contribution in [1.29, 1.82) is 0 Å². The van der Waals surface area contributed by atoms with Gasteiger partial charge in [-0.2, -0.15) is 0 Å². The molecule has 162 valence electrons. The number of hydrogen-bond acceptors (Lipinski definition) is 5. The highest BCUT2D eigenvalue weighted by molar-refractivity contribution is 7.17. The largest absolute Gasteiger partial charge is 0.353 e. The van der Waals surface area contributed by atoms with Crippen molar-refractivity contribution in [3.8, 4) is 11.1 Å². The smallest absolute Gasteiger partial charge is 0.270 e. The first-order chi connectivity index (χ1) is 15.1. The molecular formula is C24H28N4O2S. The lowest BCUT2D eigenvalue weighted by atomic mass is 9.97. The minimum Gasteiger partial charge on any atom is -0.353 e. The Hall–Kier alpha value is -2.67. The minimum absolute atomic E-state index is 0.0607. The van der Waals surface area contributed by atoms with Crippen LogP contribution < -0.4 is 15.8 Å². The molecule has 0 bridgehead atoms. The lowest BCUT2D eigenvalue weighted by Gasteiger charge is -2.33. The van der Waals surface area contributed by atoms with E-state index in [2.05, 4.69) is 46.4 Å². The molecule has 1 saturated heterocycles. The van der Waals surface area contributed by atoms with Crippen LogP contribution >= 0.6 is 11.3 Å². The normalized spacial score (nSPS) is 19.8. The van der Waals surface area contributed by atoms with Gasteiger partial charge in [0.1, 0.15) is 4.70 Å². The summed E-state index contributed by atoms with van der Waals surface area (Å²) in [6, 6.07) is 8.63. The number of piperidine rings is 1. The third-order valence-corrected chi connectivity index (χ3v) is 7.54. The van der Waals surface area contributed by atoms with E-state index in [1.54, 1.807) is 0 Å². The number of aromatic amines is 1. The Morgan fingerprint density at radius 2 is 1.94 bits per heavy atom. The molecule has 7 heteroatoms. The molecule has 0 spiro atoms. The number of nitrogens with zero attached hydrogens (tertiary/aromatic N) is 2.